The summed E-state index contributed by atoms with van der Waals surface area (Å²) in [5, 5.41) is 12.7. The molecule has 1 aromatic rings. The summed E-state index contributed by atoms with van der Waals surface area (Å²) in [6.07, 6.45) is 0. The third-order valence-electron chi connectivity index (χ3n) is 5.04. The van der Waals surface area contributed by atoms with Crippen molar-refractivity contribution in [2.75, 3.05) is 11.9 Å². The molecule has 1 fully saturated rings. The number of carbonyl (C=O) groups is 1. The second-order valence-electron chi connectivity index (χ2n) is 6.34. The van der Waals surface area contributed by atoms with E-state index in [1.165, 1.54) is 0 Å². The van der Waals surface area contributed by atoms with Gasteiger partial charge in [0.2, 0.25) is 0 Å². The topological polar surface area (TPSA) is 49.3 Å². The maximum atomic E-state index is 11.2. The van der Waals surface area contributed by atoms with Gasteiger partial charge in [0.15, 0.2) is 0 Å². The third-order valence-corrected chi connectivity index (χ3v) is 5.36. The first kappa shape index (κ1) is 14.2. The SMILES string of the molecule is CC1(C)C(CNc2cccc(Cl)c2C(=O)O)C1(C)C. The first-order chi connectivity index (χ1) is 8.69. The monoisotopic (exact) mass is 281 g/mol. The second kappa shape index (κ2) is 4.41. The molecular weight excluding hydrogens is 262 g/mol. The number of benzene rings is 1. The van der Waals surface area contributed by atoms with Crippen LogP contribution in [0.2, 0.25) is 5.02 Å². The van der Waals surface area contributed by atoms with Crippen LogP contribution in [-0.4, -0.2) is 17.6 Å². The van der Waals surface area contributed by atoms with Gasteiger partial charge in [-0.3, -0.25) is 0 Å². The first-order valence-corrected chi connectivity index (χ1v) is 6.83. The summed E-state index contributed by atoms with van der Waals surface area (Å²) in [4.78, 5) is 11.2. The van der Waals surface area contributed by atoms with E-state index in [2.05, 4.69) is 33.0 Å². The van der Waals surface area contributed by atoms with Gasteiger partial charge in [0.25, 0.3) is 0 Å². The van der Waals surface area contributed by atoms with E-state index in [0.717, 1.165) is 6.54 Å². The summed E-state index contributed by atoms with van der Waals surface area (Å²) < 4.78 is 0. The quantitative estimate of drug-likeness (QED) is 0.872. The van der Waals surface area contributed by atoms with E-state index in [1.807, 2.05) is 0 Å². The van der Waals surface area contributed by atoms with Crippen molar-refractivity contribution in [3.63, 3.8) is 0 Å². The molecule has 0 spiro atoms. The Hall–Kier alpha value is -1.22. The number of carboxylic acid groups (broad SMARTS) is 1. The highest BCUT2D eigenvalue weighted by atomic mass is 35.5. The van der Waals surface area contributed by atoms with E-state index < -0.39 is 5.97 Å². The summed E-state index contributed by atoms with van der Waals surface area (Å²) >= 11 is 5.95. The number of nitrogens with one attached hydrogen (secondary N) is 1. The zero-order valence-corrected chi connectivity index (χ0v) is 12.5. The maximum Gasteiger partial charge on any atom is 0.339 e. The Morgan fingerprint density at radius 1 is 1.32 bits per heavy atom. The number of rotatable bonds is 4. The lowest BCUT2D eigenvalue weighted by Crippen LogP contribution is -2.12. The first-order valence-electron chi connectivity index (χ1n) is 6.45. The van der Waals surface area contributed by atoms with Crippen LogP contribution in [0.3, 0.4) is 0 Å². The Balaban J connectivity index is 2.14. The lowest BCUT2D eigenvalue weighted by molar-refractivity contribution is 0.0698. The summed E-state index contributed by atoms with van der Waals surface area (Å²) in [6, 6.07) is 5.12. The zero-order chi connectivity index (χ0) is 14.4. The fourth-order valence-corrected chi connectivity index (χ4v) is 3.20. The molecule has 3 nitrogen and oxygen atoms in total. The van der Waals surface area contributed by atoms with E-state index in [4.69, 9.17) is 11.6 Å². The normalized spacial score (nSPS) is 20.1. The van der Waals surface area contributed by atoms with Gasteiger partial charge in [-0.15, -0.1) is 0 Å². The van der Waals surface area contributed by atoms with Gasteiger partial charge in [-0.2, -0.15) is 0 Å². The van der Waals surface area contributed by atoms with Crippen LogP contribution in [0.1, 0.15) is 38.1 Å². The van der Waals surface area contributed by atoms with E-state index in [9.17, 15) is 9.90 Å². The van der Waals surface area contributed by atoms with Crippen molar-refractivity contribution in [1.82, 2.24) is 0 Å². The van der Waals surface area contributed by atoms with Crippen LogP contribution < -0.4 is 5.32 Å². The van der Waals surface area contributed by atoms with Gasteiger partial charge < -0.3 is 10.4 Å². The number of aromatic carboxylic acids is 1. The smallest absolute Gasteiger partial charge is 0.339 e. The van der Waals surface area contributed by atoms with Crippen molar-refractivity contribution in [2.45, 2.75) is 27.7 Å². The molecule has 2 rings (SSSR count). The van der Waals surface area contributed by atoms with Crippen molar-refractivity contribution in [1.29, 1.82) is 0 Å². The minimum absolute atomic E-state index is 0.153. The highest BCUT2D eigenvalue weighted by molar-refractivity contribution is 6.34. The molecule has 0 radical (unpaired) electrons. The van der Waals surface area contributed by atoms with Gasteiger partial charge in [0.1, 0.15) is 5.56 Å². The fourth-order valence-electron chi connectivity index (χ4n) is 2.94. The molecule has 0 heterocycles. The molecule has 0 amide bonds. The average molecular weight is 282 g/mol. The minimum Gasteiger partial charge on any atom is -0.478 e. The van der Waals surface area contributed by atoms with Crippen molar-refractivity contribution in [3.05, 3.63) is 28.8 Å². The molecule has 104 valence electrons. The van der Waals surface area contributed by atoms with E-state index >= 15 is 0 Å². The molecule has 0 aliphatic heterocycles. The van der Waals surface area contributed by atoms with Crippen LogP contribution in [-0.2, 0) is 0 Å². The molecule has 19 heavy (non-hydrogen) atoms. The average Bonchev–Trinajstić information content (AvgIpc) is 2.66. The van der Waals surface area contributed by atoms with Gasteiger partial charge in [-0.05, 0) is 28.9 Å². The van der Waals surface area contributed by atoms with Crippen LogP contribution in [0.4, 0.5) is 5.69 Å². The Bertz CT molecular complexity index is 509. The predicted octanol–water partition coefficient (Wildman–Crippen LogP) is 4.13. The molecule has 0 saturated heterocycles. The van der Waals surface area contributed by atoms with Crippen LogP contribution >= 0.6 is 11.6 Å². The van der Waals surface area contributed by atoms with E-state index in [1.54, 1.807) is 18.2 Å². The van der Waals surface area contributed by atoms with Crippen molar-refractivity contribution >= 4 is 23.3 Å². The lowest BCUT2D eigenvalue weighted by atomic mass is 10.0. The molecule has 0 atom stereocenters. The molecule has 1 saturated carbocycles. The predicted molar refractivity (Wildman–Crippen MR) is 78.0 cm³/mol. The maximum absolute atomic E-state index is 11.2. The largest absolute Gasteiger partial charge is 0.478 e. The summed E-state index contributed by atoms with van der Waals surface area (Å²) in [6.45, 7) is 9.75. The molecule has 2 N–H and O–H groups in total. The fraction of sp³-hybridized carbons (Fsp3) is 0.533. The van der Waals surface area contributed by atoms with Crippen LogP contribution in [0.5, 0.6) is 0 Å². The van der Waals surface area contributed by atoms with Gasteiger partial charge in [-0.1, -0.05) is 45.4 Å². The number of anilines is 1. The Kier molecular flexibility index (Phi) is 3.29. The molecule has 4 heteroatoms. The molecule has 1 aliphatic carbocycles. The van der Waals surface area contributed by atoms with E-state index in [-0.39, 0.29) is 21.4 Å². The lowest BCUT2D eigenvalue weighted by Gasteiger charge is -2.11. The molecule has 0 unspecified atom stereocenters. The Morgan fingerprint density at radius 2 is 1.89 bits per heavy atom. The summed E-state index contributed by atoms with van der Waals surface area (Å²) in [5.41, 5.74) is 1.31. The molecule has 0 bridgehead atoms. The van der Waals surface area contributed by atoms with Crippen LogP contribution in [0, 0.1) is 16.7 Å². The molecule has 1 aliphatic rings. The van der Waals surface area contributed by atoms with Gasteiger partial charge >= 0.3 is 5.97 Å². The molecule has 1 aromatic carbocycles. The molecule has 0 aromatic heterocycles. The number of hydrogen-bond donors (Lipinski definition) is 2. The number of halogens is 1. The van der Waals surface area contributed by atoms with Crippen LogP contribution in [0.15, 0.2) is 18.2 Å². The highest BCUT2D eigenvalue weighted by Gasteiger charge is 2.64. The second-order valence-corrected chi connectivity index (χ2v) is 6.75. The zero-order valence-electron chi connectivity index (χ0n) is 11.7. The molecular formula is C15H20ClNO2. The van der Waals surface area contributed by atoms with Gasteiger partial charge in [-0.25, -0.2) is 4.79 Å². The minimum atomic E-state index is -0.998. The van der Waals surface area contributed by atoms with Crippen LogP contribution in [0.25, 0.3) is 0 Å². The van der Waals surface area contributed by atoms with Gasteiger partial charge in [0.05, 0.1) is 10.7 Å². The Morgan fingerprint density at radius 3 is 2.37 bits per heavy atom. The van der Waals surface area contributed by atoms with Crippen molar-refractivity contribution < 1.29 is 9.90 Å². The summed E-state index contributed by atoms with van der Waals surface area (Å²) in [5.74, 6) is -0.469. The van der Waals surface area contributed by atoms with Gasteiger partial charge in [0, 0.05) is 6.54 Å². The third kappa shape index (κ3) is 2.20. The summed E-state index contributed by atoms with van der Waals surface area (Å²) in [7, 11) is 0. The number of carboxylic acids is 1. The highest BCUT2D eigenvalue weighted by Crippen LogP contribution is 2.68. The van der Waals surface area contributed by atoms with Crippen molar-refractivity contribution in [2.24, 2.45) is 16.7 Å². The standard InChI is InChI=1S/C15H20ClNO2/c1-14(2)11(15(14,3)4)8-17-10-7-5-6-9(16)12(10)13(18)19/h5-7,11,17H,8H2,1-4H3,(H,18,19). The van der Waals surface area contributed by atoms with E-state index in [0.29, 0.717) is 11.6 Å². The van der Waals surface area contributed by atoms with Crippen molar-refractivity contribution in [3.8, 4) is 0 Å². The number of hydrogen-bond acceptors (Lipinski definition) is 2. The Labute approximate surface area is 119 Å².